The van der Waals surface area contributed by atoms with E-state index in [4.69, 9.17) is 10.5 Å². The van der Waals surface area contributed by atoms with Gasteiger partial charge in [-0.05, 0) is 60.4 Å². The minimum atomic E-state index is -3.04. The van der Waals surface area contributed by atoms with Crippen molar-refractivity contribution in [2.45, 2.75) is 19.9 Å². The number of halogens is 2. The highest BCUT2D eigenvalue weighted by atomic mass is 32.2. The van der Waals surface area contributed by atoms with Gasteiger partial charge in [0.25, 0.3) is 0 Å². The zero-order chi connectivity index (χ0) is 30.5. The van der Waals surface area contributed by atoms with Gasteiger partial charge in [0.1, 0.15) is 15.7 Å². The standard InChI is InChI=1S/C30H28F2N6O4S/c1-17-10-27(42-29-22(31)4-3-5-23(29)32)34-15-26(17)38-30(33)21(14-35-38)28(39)25-13-19-11-20-16-37(8-9-43(2,40)41)7-6-18(20)12-24(19)36-25/h3-5,10-15,36H,6-9,16,33H2,1-2H3. The SMILES string of the molecule is Cc1cc(Oc2c(F)cccc2F)ncc1-n1ncc(C(=O)c2cc3cc4c(cc3[nH]2)CCN(CCS(C)(=O)=O)C4)c1N. The van der Waals surface area contributed by atoms with E-state index in [0.717, 1.165) is 47.1 Å². The fourth-order valence-corrected chi connectivity index (χ4v) is 5.80. The number of pyridine rings is 1. The number of aromatic amines is 1. The first-order valence-electron chi connectivity index (χ1n) is 13.5. The largest absolute Gasteiger partial charge is 0.433 e. The number of nitrogens with two attached hydrogens (primary N) is 1. The number of aryl methyl sites for hydroxylation is 1. The summed E-state index contributed by atoms with van der Waals surface area (Å²) in [5.41, 5.74) is 11.0. The third-order valence-corrected chi connectivity index (χ3v) is 8.44. The average Bonchev–Trinajstić information content (AvgIpc) is 3.55. The maximum absolute atomic E-state index is 14.0. The van der Waals surface area contributed by atoms with E-state index in [1.165, 1.54) is 35.5 Å². The van der Waals surface area contributed by atoms with Crippen molar-refractivity contribution in [3.8, 4) is 17.3 Å². The van der Waals surface area contributed by atoms with Gasteiger partial charge in [0, 0.05) is 42.9 Å². The number of fused-ring (bicyclic) bond motifs is 2. The third kappa shape index (κ3) is 5.73. The summed E-state index contributed by atoms with van der Waals surface area (Å²) in [5, 5.41) is 5.16. The number of carbonyl (C=O) groups is 1. The maximum Gasteiger partial charge on any atom is 0.219 e. The van der Waals surface area contributed by atoms with Gasteiger partial charge in [-0.1, -0.05) is 6.07 Å². The van der Waals surface area contributed by atoms with Crippen LogP contribution >= 0.6 is 0 Å². The quantitative estimate of drug-likeness (QED) is 0.249. The molecule has 2 aromatic carbocycles. The zero-order valence-electron chi connectivity index (χ0n) is 23.4. The van der Waals surface area contributed by atoms with Crippen molar-refractivity contribution < 1.29 is 26.7 Å². The number of anilines is 1. The molecule has 222 valence electrons. The number of H-pyrrole nitrogens is 1. The molecular weight excluding hydrogens is 578 g/mol. The number of para-hydroxylation sites is 1. The Morgan fingerprint density at radius 3 is 2.60 bits per heavy atom. The molecule has 6 rings (SSSR count). The molecule has 1 aliphatic rings. The number of ketones is 1. The molecule has 0 amide bonds. The van der Waals surface area contributed by atoms with Gasteiger partial charge in [0.05, 0.1) is 35.1 Å². The van der Waals surface area contributed by atoms with Crippen LogP contribution in [-0.2, 0) is 22.8 Å². The first-order valence-corrected chi connectivity index (χ1v) is 15.5. The smallest absolute Gasteiger partial charge is 0.219 e. The number of hydrogen-bond donors (Lipinski definition) is 2. The molecule has 0 radical (unpaired) electrons. The van der Waals surface area contributed by atoms with Crippen LogP contribution in [0, 0.1) is 18.6 Å². The second-order valence-electron chi connectivity index (χ2n) is 10.7. The molecule has 0 unspecified atom stereocenters. The number of nitrogen functional groups attached to an aromatic ring is 1. The molecule has 4 heterocycles. The molecular formula is C30H28F2N6O4S. The first kappa shape index (κ1) is 28.5. The molecule has 10 nitrogen and oxygen atoms in total. The lowest BCUT2D eigenvalue weighted by molar-refractivity contribution is 0.103. The van der Waals surface area contributed by atoms with Crippen LogP contribution in [0.2, 0.25) is 0 Å². The Morgan fingerprint density at radius 2 is 1.88 bits per heavy atom. The van der Waals surface area contributed by atoms with Gasteiger partial charge in [0.2, 0.25) is 17.4 Å². The lowest BCUT2D eigenvalue weighted by atomic mass is 9.98. The molecule has 5 aromatic rings. The molecule has 0 saturated heterocycles. The predicted molar refractivity (Wildman–Crippen MR) is 157 cm³/mol. The highest BCUT2D eigenvalue weighted by molar-refractivity contribution is 7.90. The van der Waals surface area contributed by atoms with E-state index in [1.54, 1.807) is 13.0 Å². The van der Waals surface area contributed by atoms with Crippen molar-refractivity contribution in [3.05, 3.63) is 94.4 Å². The first-order chi connectivity index (χ1) is 20.5. The Labute approximate surface area is 246 Å². The second-order valence-corrected chi connectivity index (χ2v) is 13.0. The van der Waals surface area contributed by atoms with E-state index in [1.807, 2.05) is 12.1 Å². The van der Waals surface area contributed by atoms with Crippen molar-refractivity contribution in [2.75, 3.05) is 30.8 Å². The van der Waals surface area contributed by atoms with Crippen LogP contribution < -0.4 is 10.5 Å². The molecule has 43 heavy (non-hydrogen) atoms. The molecule has 0 atom stereocenters. The molecule has 0 saturated carbocycles. The van der Waals surface area contributed by atoms with Gasteiger partial charge in [-0.3, -0.25) is 9.69 Å². The van der Waals surface area contributed by atoms with Crippen LogP contribution in [0.5, 0.6) is 11.6 Å². The van der Waals surface area contributed by atoms with Crippen LogP contribution in [-0.4, -0.2) is 63.9 Å². The molecule has 13 heteroatoms. The second kappa shape index (κ2) is 10.9. The van der Waals surface area contributed by atoms with Crippen LogP contribution in [0.4, 0.5) is 14.6 Å². The van der Waals surface area contributed by atoms with Crippen molar-refractivity contribution in [3.63, 3.8) is 0 Å². The Kier molecular flexibility index (Phi) is 7.22. The summed E-state index contributed by atoms with van der Waals surface area (Å²) < 4.78 is 57.9. The zero-order valence-corrected chi connectivity index (χ0v) is 24.2. The van der Waals surface area contributed by atoms with Gasteiger partial charge in [-0.25, -0.2) is 26.9 Å². The normalized spacial score (nSPS) is 13.8. The average molecular weight is 607 g/mol. The van der Waals surface area contributed by atoms with Crippen molar-refractivity contribution in [2.24, 2.45) is 0 Å². The lowest BCUT2D eigenvalue weighted by Gasteiger charge is -2.28. The number of carbonyl (C=O) groups excluding carboxylic acids is 1. The molecule has 3 aromatic heterocycles. The van der Waals surface area contributed by atoms with Crippen LogP contribution in [0.25, 0.3) is 16.6 Å². The molecule has 1 aliphatic heterocycles. The van der Waals surface area contributed by atoms with Gasteiger partial charge in [-0.15, -0.1) is 0 Å². The molecule has 0 spiro atoms. The summed E-state index contributed by atoms with van der Waals surface area (Å²) >= 11 is 0. The van der Waals surface area contributed by atoms with Gasteiger partial charge >= 0.3 is 0 Å². The van der Waals surface area contributed by atoms with E-state index in [0.29, 0.717) is 30.0 Å². The number of aromatic nitrogens is 4. The minimum absolute atomic E-state index is 0.0217. The number of nitrogens with zero attached hydrogens (tertiary/aromatic N) is 4. The van der Waals surface area contributed by atoms with E-state index >= 15 is 0 Å². The molecule has 0 bridgehead atoms. The fourth-order valence-electron chi connectivity index (χ4n) is 5.21. The van der Waals surface area contributed by atoms with Crippen LogP contribution in [0.15, 0.2) is 54.9 Å². The molecule has 0 aliphatic carbocycles. The summed E-state index contributed by atoms with van der Waals surface area (Å²) in [6.45, 7) is 3.61. The third-order valence-electron chi connectivity index (χ3n) is 7.52. The molecule has 0 fully saturated rings. The Bertz CT molecular complexity index is 1980. The summed E-state index contributed by atoms with van der Waals surface area (Å²) in [5.74, 6) is -2.41. The van der Waals surface area contributed by atoms with E-state index in [9.17, 15) is 22.0 Å². The molecule has 3 N–H and O–H groups in total. The minimum Gasteiger partial charge on any atom is -0.433 e. The topological polar surface area (TPSA) is 136 Å². The number of rotatable bonds is 8. The Hall–Kier alpha value is -4.62. The maximum atomic E-state index is 14.0. The lowest BCUT2D eigenvalue weighted by Crippen LogP contribution is -2.34. The number of ether oxygens (including phenoxy) is 1. The Morgan fingerprint density at radius 1 is 1.12 bits per heavy atom. The Balaban J connectivity index is 1.22. The van der Waals surface area contributed by atoms with Gasteiger partial charge < -0.3 is 15.5 Å². The van der Waals surface area contributed by atoms with Gasteiger partial charge in [0.15, 0.2) is 11.6 Å². The number of benzene rings is 2. The van der Waals surface area contributed by atoms with Crippen molar-refractivity contribution in [1.29, 1.82) is 0 Å². The summed E-state index contributed by atoms with van der Waals surface area (Å²) in [6.07, 6.45) is 4.80. The summed E-state index contributed by atoms with van der Waals surface area (Å²) in [7, 11) is -3.04. The summed E-state index contributed by atoms with van der Waals surface area (Å²) in [6, 6.07) is 10.7. The summed E-state index contributed by atoms with van der Waals surface area (Å²) in [4.78, 5) is 23.0. The predicted octanol–water partition coefficient (Wildman–Crippen LogP) is 4.34. The number of nitrogens with one attached hydrogen (secondary N) is 1. The van der Waals surface area contributed by atoms with Gasteiger partial charge in [-0.2, -0.15) is 5.10 Å². The van der Waals surface area contributed by atoms with E-state index < -0.39 is 27.2 Å². The fraction of sp³-hybridized carbons (Fsp3) is 0.233. The number of sulfone groups is 1. The van der Waals surface area contributed by atoms with Crippen LogP contribution in [0.1, 0.15) is 32.7 Å². The number of hydrogen-bond acceptors (Lipinski definition) is 8. The van der Waals surface area contributed by atoms with Crippen LogP contribution in [0.3, 0.4) is 0 Å². The van der Waals surface area contributed by atoms with E-state index in [2.05, 4.69) is 20.0 Å². The highest BCUT2D eigenvalue weighted by Crippen LogP contribution is 2.30. The monoisotopic (exact) mass is 606 g/mol. The van der Waals surface area contributed by atoms with Crippen molar-refractivity contribution in [1.82, 2.24) is 24.6 Å². The van der Waals surface area contributed by atoms with Crippen molar-refractivity contribution >= 4 is 32.3 Å². The van der Waals surface area contributed by atoms with E-state index in [-0.39, 0.29) is 28.8 Å². The highest BCUT2D eigenvalue weighted by Gasteiger charge is 2.23.